The summed E-state index contributed by atoms with van der Waals surface area (Å²) in [5.41, 5.74) is 3.78. The van der Waals surface area contributed by atoms with E-state index in [4.69, 9.17) is 17.4 Å². The average Bonchev–Trinajstić information content (AvgIpc) is 2.39. The molecule has 1 heterocycles. The molecule has 6 heteroatoms. The van der Waals surface area contributed by atoms with Crippen LogP contribution in [-0.4, -0.2) is 4.98 Å². The van der Waals surface area contributed by atoms with E-state index < -0.39 is 0 Å². The maximum atomic E-state index is 13.8. The van der Waals surface area contributed by atoms with Crippen LogP contribution in [-0.2, 0) is 6.42 Å². The summed E-state index contributed by atoms with van der Waals surface area (Å²) in [5.74, 6) is 5.23. The summed E-state index contributed by atoms with van der Waals surface area (Å²) in [6.45, 7) is 0. The Bertz CT molecular complexity index is 580. The number of rotatable bonds is 4. The van der Waals surface area contributed by atoms with Crippen LogP contribution in [0.4, 0.5) is 4.39 Å². The quantitative estimate of drug-likeness (QED) is 0.660. The lowest BCUT2D eigenvalue weighted by Gasteiger charge is -2.17. The average molecular weight is 345 g/mol. The number of halogens is 3. The summed E-state index contributed by atoms with van der Waals surface area (Å²) in [6, 6.07) is 8.03. The van der Waals surface area contributed by atoms with Gasteiger partial charge in [-0.3, -0.25) is 16.3 Å². The van der Waals surface area contributed by atoms with Crippen molar-refractivity contribution in [1.82, 2.24) is 10.4 Å². The van der Waals surface area contributed by atoms with E-state index >= 15 is 0 Å². The monoisotopic (exact) mass is 343 g/mol. The van der Waals surface area contributed by atoms with Gasteiger partial charge >= 0.3 is 0 Å². The molecule has 1 atom stereocenters. The molecule has 1 unspecified atom stereocenters. The number of nitrogens with zero attached hydrogens (tertiary/aromatic N) is 1. The lowest BCUT2D eigenvalue weighted by Crippen LogP contribution is -2.30. The van der Waals surface area contributed by atoms with Crippen LogP contribution in [0, 0.1) is 5.82 Å². The van der Waals surface area contributed by atoms with Crippen LogP contribution in [0.15, 0.2) is 41.0 Å². The first-order chi connectivity index (χ1) is 9.11. The van der Waals surface area contributed by atoms with Crippen LogP contribution < -0.4 is 11.3 Å². The molecule has 100 valence electrons. The molecule has 0 spiro atoms. The first-order valence-corrected chi connectivity index (χ1v) is 6.79. The van der Waals surface area contributed by atoms with Gasteiger partial charge in [0.2, 0.25) is 0 Å². The fraction of sp³-hybridized carbons (Fsp3) is 0.154. The molecule has 0 radical (unpaired) electrons. The summed E-state index contributed by atoms with van der Waals surface area (Å²) in [6.07, 6.45) is 2.00. The van der Waals surface area contributed by atoms with Gasteiger partial charge in [0.1, 0.15) is 5.82 Å². The number of nitrogens with two attached hydrogens (primary N) is 1. The number of hydrazine groups is 1. The summed E-state index contributed by atoms with van der Waals surface area (Å²) in [4.78, 5) is 4.19. The zero-order valence-corrected chi connectivity index (χ0v) is 12.2. The Morgan fingerprint density at radius 2 is 2.21 bits per heavy atom. The lowest BCUT2D eigenvalue weighted by atomic mass is 10.0. The summed E-state index contributed by atoms with van der Waals surface area (Å²) < 4.78 is 14.5. The van der Waals surface area contributed by atoms with Crippen molar-refractivity contribution < 1.29 is 4.39 Å². The second-order valence-electron chi connectivity index (χ2n) is 4.03. The number of aromatic nitrogens is 1. The van der Waals surface area contributed by atoms with Crippen molar-refractivity contribution in [1.29, 1.82) is 0 Å². The highest BCUT2D eigenvalue weighted by Crippen LogP contribution is 2.25. The zero-order valence-electron chi connectivity index (χ0n) is 9.91. The fourth-order valence-corrected chi connectivity index (χ4v) is 2.38. The molecule has 0 aliphatic carbocycles. The molecular weight excluding hydrogens is 333 g/mol. The van der Waals surface area contributed by atoms with Gasteiger partial charge in [0, 0.05) is 10.7 Å². The maximum Gasteiger partial charge on any atom is 0.127 e. The number of pyridine rings is 1. The predicted molar refractivity (Wildman–Crippen MR) is 77.1 cm³/mol. The van der Waals surface area contributed by atoms with Gasteiger partial charge in [0.25, 0.3) is 0 Å². The van der Waals surface area contributed by atoms with Gasteiger partial charge in [0.05, 0.1) is 16.8 Å². The molecular formula is C13H12BrClFN3. The molecule has 0 bridgehead atoms. The predicted octanol–water partition coefficient (Wildman–Crippen LogP) is 3.38. The van der Waals surface area contributed by atoms with Gasteiger partial charge in [-0.15, -0.1) is 0 Å². The second kappa shape index (κ2) is 6.43. The van der Waals surface area contributed by atoms with Crippen molar-refractivity contribution in [2.24, 2.45) is 5.84 Å². The highest BCUT2D eigenvalue weighted by atomic mass is 79.9. The Morgan fingerprint density at radius 3 is 2.84 bits per heavy atom. The van der Waals surface area contributed by atoms with Crippen LogP contribution >= 0.6 is 27.5 Å². The molecule has 19 heavy (non-hydrogen) atoms. The Hall–Kier alpha value is -1.01. The van der Waals surface area contributed by atoms with Crippen LogP contribution in [0.1, 0.15) is 17.3 Å². The molecule has 3 nitrogen and oxygen atoms in total. The number of nitrogens with one attached hydrogen (secondary N) is 1. The molecule has 1 aromatic heterocycles. The van der Waals surface area contributed by atoms with E-state index in [1.165, 1.54) is 6.07 Å². The third-order valence-corrected chi connectivity index (χ3v) is 3.57. The van der Waals surface area contributed by atoms with Crippen molar-refractivity contribution in [3.63, 3.8) is 0 Å². The minimum atomic E-state index is -0.343. The first-order valence-electron chi connectivity index (χ1n) is 5.62. The first kappa shape index (κ1) is 14.4. The minimum absolute atomic E-state index is 0.290. The lowest BCUT2D eigenvalue weighted by molar-refractivity contribution is 0.519. The topological polar surface area (TPSA) is 50.9 Å². The molecule has 0 saturated carbocycles. The molecule has 3 N–H and O–H groups in total. The van der Waals surface area contributed by atoms with Crippen LogP contribution in [0.2, 0.25) is 5.02 Å². The molecule has 1 aromatic carbocycles. The number of hydrogen-bond donors (Lipinski definition) is 2. The summed E-state index contributed by atoms with van der Waals surface area (Å²) in [7, 11) is 0. The molecule has 0 fully saturated rings. The molecule has 0 saturated heterocycles. The van der Waals surface area contributed by atoms with Crippen LogP contribution in [0.3, 0.4) is 0 Å². The Morgan fingerprint density at radius 1 is 1.42 bits per heavy atom. The Balaban J connectivity index is 2.27. The van der Waals surface area contributed by atoms with E-state index in [-0.39, 0.29) is 11.9 Å². The van der Waals surface area contributed by atoms with Gasteiger partial charge in [0.15, 0.2) is 0 Å². The van der Waals surface area contributed by atoms with Crippen molar-refractivity contribution in [3.8, 4) is 0 Å². The van der Waals surface area contributed by atoms with E-state index in [1.807, 2.05) is 0 Å². The normalized spacial score (nSPS) is 12.4. The van der Waals surface area contributed by atoms with Crippen molar-refractivity contribution in [3.05, 3.63) is 63.1 Å². The highest BCUT2D eigenvalue weighted by Gasteiger charge is 2.17. The molecule has 0 aliphatic rings. The molecule has 2 aromatic rings. The van der Waals surface area contributed by atoms with Crippen molar-refractivity contribution in [2.75, 3.05) is 0 Å². The third kappa shape index (κ3) is 3.51. The molecule has 2 rings (SSSR count). The second-order valence-corrected chi connectivity index (χ2v) is 5.35. The molecule has 0 aliphatic heterocycles. The van der Waals surface area contributed by atoms with Gasteiger partial charge in [-0.05, 0) is 36.2 Å². The number of hydrogen-bond acceptors (Lipinski definition) is 3. The van der Waals surface area contributed by atoms with Gasteiger partial charge in [-0.25, -0.2) is 4.39 Å². The van der Waals surface area contributed by atoms with E-state index in [0.29, 0.717) is 27.2 Å². The summed E-state index contributed by atoms with van der Waals surface area (Å²) >= 11 is 9.29. The number of benzene rings is 1. The van der Waals surface area contributed by atoms with E-state index in [2.05, 4.69) is 26.3 Å². The van der Waals surface area contributed by atoms with E-state index in [1.54, 1.807) is 30.5 Å². The van der Waals surface area contributed by atoms with Gasteiger partial charge < -0.3 is 0 Å². The van der Waals surface area contributed by atoms with E-state index in [9.17, 15) is 4.39 Å². The Labute approximate surface area is 124 Å². The fourth-order valence-electron chi connectivity index (χ4n) is 1.80. The van der Waals surface area contributed by atoms with Crippen LogP contribution in [0.25, 0.3) is 0 Å². The van der Waals surface area contributed by atoms with Gasteiger partial charge in [-0.2, -0.15) is 0 Å². The smallest absolute Gasteiger partial charge is 0.127 e. The third-order valence-electron chi connectivity index (χ3n) is 2.76. The van der Waals surface area contributed by atoms with E-state index in [0.717, 1.165) is 0 Å². The zero-order chi connectivity index (χ0) is 13.8. The van der Waals surface area contributed by atoms with Gasteiger partial charge in [-0.1, -0.05) is 33.6 Å². The van der Waals surface area contributed by atoms with Crippen molar-refractivity contribution >= 4 is 27.5 Å². The molecule has 0 amide bonds. The largest absolute Gasteiger partial charge is 0.271 e. The van der Waals surface area contributed by atoms with Crippen molar-refractivity contribution in [2.45, 2.75) is 12.5 Å². The Kier molecular flexibility index (Phi) is 4.87. The minimum Gasteiger partial charge on any atom is -0.271 e. The SMILES string of the molecule is NNC(Cc1ccc(Br)cc1F)c1ncccc1Cl. The standard InChI is InChI=1S/C13H12BrClFN3/c14-9-4-3-8(11(16)7-9)6-12(19-17)13-10(15)2-1-5-18-13/h1-5,7,12,19H,6,17H2. The maximum absolute atomic E-state index is 13.8. The highest BCUT2D eigenvalue weighted by molar-refractivity contribution is 9.10. The van der Waals surface area contributed by atoms with Crippen LogP contribution in [0.5, 0.6) is 0 Å². The summed E-state index contributed by atoms with van der Waals surface area (Å²) in [5, 5.41) is 0.503.